The van der Waals surface area contributed by atoms with E-state index in [-0.39, 0.29) is 5.88 Å². The Balaban J connectivity index is 2.14. The minimum absolute atomic E-state index is 0.125. The summed E-state index contributed by atoms with van der Waals surface area (Å²) in [6, 6.07) is 0.393. The van der Waals surface area contributed by atoms with Gasteiger partial charge in [0.15, 0.2) is 10.7 Å². The number of piperidine rings is 1. The summed E-state index contributed by atoms with van der Waals surface area (Å²) < 4.78 is 20.4. The van der Waals surface area contributed by atoms with E-state index in [1.807, 2.05) is 0 Å². The highest BCUT2D eigenvalue weighted by molar-refractivity contribution is 7.72. The van der Waals surface area contributed by atoms with Crippen molar-refractivity contribution in [3.63, 3.8) is 0 Å². The van der Waals surface area contributed by atoms with E-state index in [2.05, 4.69) is 10.6 Å². The largest absolute Gasteiger partial charge is 0.317 e. The molecule has 0 aromatic carbocycles. The Morgan fingerprint density at radius 1 is 1.36 bits per heavy atom. The van der Waals surface area contributed by atoms with Gasteiger partial charge in [-0.3, -0.25) is 0 Å². The van der Waals surface area contributed by atoms with Crippen molar-refractivity contribution in [3.05, 3.63) is 0 Å². The lowest BCUT2D eigenvalue weighted by Crippen LogP contribution is -2.40. The van der Waals surface area contributed by atoms with Gasteiger partial charge in [-0.15, -0.1) is 0 Å². The van der Waals surface area contributed by atoms with Crippen molar-refractivity contribution in [1.29, 1.82) is 0 Å². The highest BCUT2D eigenvalue weighted by Gasteiger charge is 2.11. The fraction of sp³-hybridized carbons (Fsp3) is 1.00. The Morgan fingerprint density at radius 2 is 2.00 bits per heavy atom. The smallest absolute Gasteiger partial charge is 0.153 e. The Hall–Kier alpha value is -0.130. The Kier molecular flexibility index (Phi) is 3.82. The lowest BCUT2D eigenvalue weighted by molar-refractivity contribution is 0.403. The zero-order valence-corrected chi connectivity index (χ0v) is 7.27. The molecule has 0 aromatic rings. The standard InChI is InChI=1S/C6H14N2O2S/c9-11(10)5-8-6-1-3-7-4-2-6/h6-8,11H,1-5H2. The molecule has 1 fully saturated rings. The molecule has 1 heterocycles. The predicted molar refractivity (Wildman–Crippen MR) is 44.2 cm³/mol. The molecule has 0 bridgehead atoms. The van der Waals surface area contributed by atoms with Crippen LogP contribution in [0.3, 0.4) is 0 Å². The van der Waals surface area contributed by atoms with E-state index in [0.29, 0.717) is 6.04 Å². The van der Waals surface area contributed by atoms with Gasteiger partial charge < -0.3 is 10.6 Å². The molecule has 1 saturated heterocycles. The second-order valence-electron chi connectivity index (χ2n) is 2.72. The quantitative estimate of drug-likeness (QED) is 0.480. The summed E-state index contributed by atoms with van der Waals surface area (Å²) in [7, 11) is -2.26. The second-order valence-corrected chi connectivity index (χ2v) is 3.70. The van der Waals surface area contributed by atoms with Crippen LogP contribution in [0.25, 0.3) is 0 Å². The molecule has 1 rings (SSSR count). The second kappa shape index (κ2) is 4.69. The number of rotatable bonds is 3. The lowest BCUT2D eigenvalue weighted by atomic mass is 10.1. The van der Waals surface area contributed by atoms with Crippen molar-refractivity contribution in [3.8, 4) is 0 Å². The van der Waals surface area contributed by atoms with E-state index >= 15 is 0 Å². The van der Waals surface area contributed by atoms with E-state index < -0.39 is 10.7 Å². The summed E-state index contributed by atoms with van der Waals surface area (Å²) in [5, 5.41) is 6.20. The number of hydrogen-bond donors (Lipinski definition) is 3. The molecule has 0 spiro atoms. The molecule has 0 radical (unpaired) electrons. The first kappa shape index (κ1) is 8.96. The van der Waals surface area contributed by atoms with Gasteiger partial charge >= 0.3 is 0 Å². The third-order valence-electron chi connectivity index (χ3n) is 1.85. The van der Waals surface area contributed by atoms with Gasteiger partial charge in [-0.2, -0.15) is 0 Å². The molecule has 5 heteroatoms. The van der Waals surface area contributed by atoms with Crippen LogP contribution in [-0.2, 0) is 10.7 Å². The molecule has 0 atom stereocenters. The Labute approximate surface area is 68.3 Å². The van der Waals surface area contributed by atoms with Crippen LogP contribution in [0, 0.1) is 0 Å². The topological polar surface area (TPSA) is 58.2 Å². The van der Waals surface area contributed by atoms with Crippen LogP contribution in [0.1, 0.15) is 12.8 Å². The summed E-state index contributed by atoms with van der Waals surface area (Å²) in [6.45, 7) is 1.99. The molecule has 1 aliphatic rings. The average Bonchev–Trinajstić information content (AvgIpc) is 2.03. The summed E-state index contributed by atoms with van der Waals surface area (Å²) in [5.41, 5.74) is 0. The van der Waals surface area contributed by atoms with Crippen molar-refractivity contribution in [2.75, 3.05) is 19.0 Å². The van der Waals surface area contributed by atoms with Gasteiger partial charge in [0.1, 0.15) is 0 Å². The molecule has 1 aliphatic heterocycles. The van der Waals surface area contributed by atoms with Gasteiger partial charge in [0.2, 0.25) is 0 Å². The molecule has 2 N–H and O–H groups in total. The van der Waals surface area contributed by atoms with Crippen molar-refractivity contribution >= 4 is 10.7 Å². The minimum Gasteiger partial charge on any atom is -0.317 e. The fourth-order valence-corrected chi connectivity index (χ4v) is 1.64. The van der Waals surface area contributed by atoms with Crippen molar-refractivity contribution in [2.24, 2.45) is 0 Å². The van der Waals surface area contributed by atoms with E-state index in [0.717, 1.165) is 25.9 Å². The first-order chi connectivity index (χ1) is 5.29. The minimum atomic E-state index is -2.26. The first-order valence-corrected chi connectivity index (χ1v) is 5.21. The molecular formula is C6H14N2O2S. The molecular weight excluding hydrogens is 164 g/mol. The van der Waals surface area contributed by atoms with Gasteiger partial charge in [-0.05, 0) is 25.9 Å². The van der Waals surface area contributed by atoms with Gasteiger partial charge in [0, 0.05) is 6.04 Å². The third-order valence-corrected chi connectivity index (χ3v) is 2.29. The zero-order valence-electron chi connectivity index (χ0n) is 6.38. The molecule has 0 aliphatic carbocycles. The van der Waals surface area contributed by atoms with Crippen LogP contribution < -0.4 is 10.6 Å². The van der Waals surface area contributed by atoms with Crippen LogP contribution in [-0.4, -0.2) is 33.4 Å². The van der Waals surface area contributed by atoms with Crippen LogP contribution in [0.15, 0.2) is 0 Å². The maximum absolute atomic E-state index is 10.2. The molecule has 11 heavy (non-hydrogen) atoms. The monoisotopic (exact) mass is 178 g/mol. The molecule has 0 unspecified atom stereocenters. The van der Waals surface area contributed by atoms with E-state index in [1.54, 1.807) is 0 Å². The van der Waals surface area contributed by atoms with Crippen molar-refractivity contribution in [1.82, 2.24) is 10.6 Å². The highest BCUT2D eigenvalue weighted by Crippen LogP contribution is 2.00. The highest BCUT2D eigenvalue weighted by atomic mass is 32.2. The van der Waals surface area contributed by atoms with Crippen molar-refractivity contribution < 1.29 is 8.42 Å². The average molecular weight is 178 g/mol. The van der Waals surface area contributed by atoms with Crippen LogP contribution >= 0.6 is 0 Å². The van der Waals surface area contributed by atoms with Gasteiger partial charge in [-0.25, -0.2) is 8.42 Å². The SMILES string of the molecule is O=[SH](=O)CNC1CCNCC1. The summed E-state index contributed by atoms with van der Waals surface area (Å²) in [4.78, 5) is 0. The summed E-state index contributed by atoms with van der Waals surface area (Å²) in [6.07, 6.45) is 2.06. The summed E-state index contributed by atoms with van der Waals surface area (Å²) >= 11 is 0. The fourth-order valence-electron chi connectivity index (χ4n) is 1.23. The van der Waals surface area contributed by atoms with E-state index in [1.165, 1.54) is 0 Å². The number of hydrogen-bond acceptors (Lipinski definition) is 4. The molecule has 0 amide bonds. The Bertz CT molecular complexity index is 167. The Morgan fingerprint density at radius 3 is 2.55 bits per heavy atom. The first-order valence-electron chi connectivity index (χ1n) is 3.85. The molecule has 0 aromatic heterocycles. The summed E-state index contributed by atoms with van der Waals surface area (Å²) in [5.74, 6) is 0.125. The zero-order chi connectivity index (χ0) is 8.10. The third kappa shape index (κ3) is 3.69. The maximum Gasteiger partial charge on any atom is 0.153 e. The number of nitrogens with one attached hydrogen (secondary N) is 2. The van der Waals surface area contributed by atoms with Crippen LogP contribution in [0.4, 0.5) is 0 Å². The maximum atomic E-state index is 10.2. The normalized spacial score (nSPS) is 20.8. The molecule has 0 saturated carbocycles. The van der Waals surface area contributed by atoms with Crippen LogP contribution in [0.5, 0.6) is 0 Å². The molecule has 4 nitrogen and oxygen atoms in total. The van der Waals surface area contributed by atoms with Gasteiger partial charge in [0.05, 0.1) is 5.88 Å². The van der Waals surface area contributed by atoms with Crippen molar-refractivity contribution in [2.45, 2.75) is 18.9 Å². The lowest BCUT2D eigenvalue weighted by Gasteiger charge is -2.22. The van der Waals surface area contributed by atoms with Gasteiger partial charge in [0.25, 0.3) is 0 Å². The molecule has 66 valence electrons. The van der Waals surface area contributed by atoms with E-state index in [9.17, 15) is 8.42 Å². The number of thiol groups is 1. The van der Waals surface area contributed by atoms with Crippen LogP contribution in [0.2, 0.25) is 0 Å². The van der Waals surface area contributed by atoms with E-state index in [4.69, 9.17) is 0 Å². The van der Waals surface area contributed by atoms with Gasteiger partial charge in [-0.1, -0.05) is 0 Å². The predicted octanol–water partition coefficient (Wildman–Crippen LogP) is -1.10.